The van der Waals surface area contributed by atoms with Gasteiger partial charge >= 0.3 is 5.97 Å². The third-order valence-electron chi connectivity index (χ3n) is 6.52. The first-order valence-corrected chi connectivity index (χ1v) is 12.2. The number of fused-ring (bicyclic) bond motifs is 3. The van der Waals surface area contributed by atoms with Gasteiger partial charge in [0, 0.05) is 48.2 Å². The Labute approximate surface area is 209 Å². The fourth-order valence-electron chi connectivity index (χ4n) is 5.02. The first kappa shape index (κ1) is 24.6. The van der Waals surface area contributed by atoms with Crippen LogP contribution in [0.2, 0.25) is 10.0 Å². The molecule has 2 N–H and O–H groups in total. The van der Waals surface area contributed by atoms with Crippen molar-refractivity contribution in [2.75, 3.05) is 20.3 Å². The minimum Gasteiger partial charge on any atom is -0.491 e. The van der Waals surface area contributed by atoms with Gasteiger partial charge in [-0.15, -0.1) is 0 Å². The highest BCUT2D eigenvalue weighted by atomic mass is 35.5. The van der Waals surface area contributed by atoms with E-state index in [-0.39, 0.29) is 23.7 Å². The van der Waals surface area contributed by atoms with Crippen LogP contribution in [0.5, 0.6) is 0 Å². The van der Waals surface area contributed by atoms with Crippen molar-refractivity contribution in [1.82, 2.24) is 15.2 Å². The SMILES string of the molecule is CO/C(=C/C=C/c1cc2cc(Cl)c(Cl)cc2[nH]1)C(=O)NC1CC2CCC(C1)N2CCOC(C)=O. The monoisotopic (exact) mass is 505 g/mol. The number of ether oxygens (including phenoxy) is 2. The van der Waals surface area contributed by atoms with Crippen LogP contribution in [0.3, 0.4) is 0 Å². The maximum Gasteiger partial charge on any atom is 0.302 e. The zero-order valence-corrected chi connectivity index (χ0v) is 20.8. The second-order valence-electron chi connectivity index (χ2n) is 8.78. The smallest absolute Gasteiger partial charge is 0.302 e. The van der Waals surface area contributed by atoms with Gasteiger partial charge in [-0.05, 0) is 56.0 Å². The second kappa shape index (κ2) is 10.8. The number of aromatic nitrogens is 1. The number of hydrogen-bond acceptors (Lipinski definition) is 5. The lowest BCUT2D eigenvalue weighted by molar-refractivity contribution is -0.141. The van der Waals surface area contributed by atoms with Gasteiger partial charge in [0.2, 0.25) is 0 Å². The van der Waals surface area contributed by atoms with E-state index in [0.717, 1.165) is 48.8 Å². The number of hydrogen-bond donors (Lipinski definition) is 2. The third-order valence-corrected chi connectivity index (χ3v) is 7.25. The van der Waals surface area contributed by atoms with E-state index in [9.17, 15) is 9.59 Å². The van der Waals surface area contributed by atoms with Crippen molar-refractivity contribution in [1.29, 1.82) is 0 Å². The Hall–Kier alpha value is -2.48. The summed E-state index contributed by atoms with van der Waals surface area (Å²) in [7, 11) is 1.49. The summed E-state index contributed by atoms with van der Waals surface area (Å²) < 4.78 is 10.5. The number of piperidine rings is 1. The molecule has 7 nitrogen and oxygen atoms in total. The Balaban J connectivity index is 1.34. The van der Waals surface area contributed by atoms with E-state index in [4.69, 9.17) is 32.7 Å². The molecule has 0 radical (unpaired) electrons. The molecule has 2 aromatic rings. The van der Waals surface area contributed by atoms with E-state index in [2.05, 4.69) is 15.2 Å². The summed E-state index contributed by atoms with van der Waals surface area (Å²) in [6, 6.07) is 6.46. The summed E-state index contributed by atoms with van der Waals surface area (Å²) in [4.78, 5) is 29.5. The van der Waals surface area contributed by atoms with Gasteiger partial charge in [0.1, 0.15) is 6.61 Å². The van der Waals surface area contributed by atoms with Gasteiger partial charge in [0.05, 0.1) is 17.2 Å². The highest BCUT2D eigenvalue weighted by Crippen LogP contribution is 2.35. The predicted molar refractivity (Wildman–Crippen MR) is 134 cm³/mol. The standard InChI is InChI=1S/C25H29Cl2N3O4/c1-15(31)34-9-8-30-19-6-7-20(30)13-18(12-19)29-25(32)24(33-2)5-3-4-17-10-16-11-21(26)22(27)14-23(16)28-17/h3-5,10-11,14,18-20,28H,6-9,12-13H2,1-2H3,(H,29,32)/b4-3+,24-5+. The largest absolute Gasteiger partial charge is 0.491 e. The normalized spacial score (nSPS) is 22.9. The first-order chi connectivity index (χ1) is 16.3. The van der Waals surface area contributed by atoms with Crippen LogP contribution >= 0.6 is 23.2 Å². The van der Waals surface area contributed by atoms with E-state index < -0.39 is 0 Å². The van der Waals surface area contributed by atoms with Crippen LogP contribution in [0.4, 0.5) is 0 Å². The van der Waals surface area contributed by atoms with E-state index in [1.165, 1.54) is 14.0 Å². The summed E-state index contributed by atoms with van der Waals surface area (Å²) in [6.07, 6.45) is 9.26. The highest BCUT2D eigenvalue weighted by Gasteiger charge is 2.41. The van der Waals surface area contributed by atoms with Crippen LogP contribution in [-0.2, 0) is 19.1 Å². The topological polar surface area (TPSA) is 83.7 Å². The van der Waals surface area contributed by atoms with Gasteiger partial charge in [-0.2, -0.15) is 0 Å². The van der Waals surface area contributed by atoms with Crippen molar-refractivity contribution in [2.24, 2.45) is 0 Å². The van der Waals surface area contributed by atoms with Crippen LogP contribution < -0.4 is 5.32 Å². The molecule has 3 heterocycles. The molecular formula is C25H29Cl2N3O4. The lowest BCUT2D eigenvalue weighted by Crippen LogP contribution is -2.51. The Morgan fingerprint density at radius 2 is 1.88 bits per heavy atom. The van der Waals surface area contributed by atoms with Gasteiger partial charge in [0.25, 0.3) is 5.91 Å². The fraction of sp³-hybridized carbons (Fsp3) is 0.440. The Bertz CT molecular complexity index is 1070. The van der Waals surface area contributed by atoms with Crippen LogP contribution in [0.15, 0.2) is 36.1 Å². The molecule has 0 aliphatic carbocycles. The molecule has 1 aromatic carbocycles. The molecule has 2 saturated heterocycles. The number of allylic oxidation sites excluding steroid dienone is 2. The van der Waals surface area contributed by atoms with E-state index in [0.29, 0.717) is 28.7 Å². The average Bonchev–Trinajstić information content (AvgIpc) is 3.27. The summed E-state index contributed by atoms with van der Waals surface area (Å²) in [5, 5.41) is 5.09. The summed E-state index contributed by atoms with van der Waals surface area (Å²) >= 11 is 12.2. The molecule has 4 rings (SSSR count). The fourth-order valence-corrected chi connectivity index (χ4v) is 5.36. The van der Waals surface area contributed by atoms with E-state index >= 15 is 0 Å². The number of benzene rings is 1. The van der Waals surface area contributed by atoms with Crippen molar-refractivity contribution in [2.45, 2.75) is 50.7 Å². The average molecular weight is 506 g/mol. The lowest BCUT2D eigenvalue weighted by atomic mass is 9.97. The molecule has 2 aliphatic rings. The number of nitrogens with one attached hydrogen (secondary N) is 2. The van der Waals surface area contributed by atoms with Crippen LogP contribution in [-0.4, -0.2) is 60.1 Å². The number of rotatable bonds is 8. The Morgan fingerprint density at radius 3 is 2.56 bits per heavy atom. The van der Waals surface area contributed by atoms with Crippen molar-refractivity contribution in [3.8, 4) is 0 Å². The summed E-state index contributed by atoms with van der Waals surface area (Å²) in [5.74, 6) is -0.219. The molecule has 182 valence electrons. The number of nitrogens with zero attached hydrogens (tertiary/aromatic N) is 1. The molecule has 2 fully saturated rings. The predicted octanol–water partition coefficient (Wildman–Crippen LogP) is 4.69. The van der Waals surface area contributed by atoms with Crippen LogP contribution in [0, 0.1) is 0 Å². The summed E-state index contributed by atoms with van der Waals surface area (Å²) in [5.41, 5.74) is 1.75. The molecule has 34 heavy (non-hydrogen) atoms. The second-order valence-corrected chi connectivity index (χ2v) is 9.59. The van der Waals surface area contributed by atoms with Crippen molar-refractivity contribution in [3.63, 3.8) is 0 Å². The van der Waals surface area contributed by atoms with Gasteiger partial charge in [-0.1, -0.05) is 29.3 Å². The number of carbonyl (C=O) groups excluding carboxylic acids is 2. The number of halogens is 2. The van der Waals surface area contributed by atoms with Gasteiger partial charge in [-0.25, -0.2) is 0 Å². The Morgan fingerprint density at radius 1 is 1.18 bits per heavy atom. The number of H-pyrrole nitrogens is 1. The molecule has 2 atom stereocenters. The Kier molecular flexibility index (Phi) is 7.86. The molecule has 0 saturated carbocycles. The number of methoxy groups -OCH3 is 1. The molecule has 1 aromatic heterocycles. The van der Waals surface area contributed by atoms with Crippen molar-refractivity contribution >= 4 is 52.1 Å². The van der Waals surface area contributed by atoms with Gasteiger partial charge < -0.3 is 19.8 Å². The highest BCUT2D eigenvalue weighted by molar-refractivity contribution is 6.42. The van der Waals surface area contributed by atoms with Crippen molar-refractivity contribution < 1.29 is 19.1 Å². The quantitative estimate of drug-likeness (QED) is 0.235. The molecule has 9 heteroatoms. The van der Waals surface area contributed by atoms with Crippen LogP contribution in [0.25, 0.3) is 17.0 Å². The molecule has 1 amide bonds. The van der Waals surface area contributed by atoms with Gasteiger partial charge in [-0.3, -0.25) is 14.5 Å². The maximum atomic E-state index is 12.8. The molecule has 2 aliphatic heterocycles. The maximum absolute atomic E-state index is 12.8. The minimum atomic E-state index is -0.249. The van der Waals surface area contributed by atoms with E-state index in [1.807, 2.05) is 18.2 Å². The molecule has 2 unspecified atom stereocenters. The zero-order chi connectivity index (χ0) is 24.2. The number of esters is 1. The lowest BCUT2D eigenvalue weighted by Gasteiger charge is -2.39. The van der Waals surface area contributed by atoms with E-state index in [1.54, 1.807) is 18.2 Å². The number of carbonyl (C=O) groups is 2. The van der Waals surface area contributed by atoms with Crippen LogP contribution in [0.1, 0.15) is 38.3 Å². The first-order valence-electron chi connectivity index (χ1n) is 11.4. The minimum absolute atomic E-state index is 0.0979. The van der Waals surface area contributed by atoms with Gasteiger partial charge in [0.15, 0.2) is 5.76 Å². The third kappa shape index (κ3) is 5.77. The molecule has 2 bridgehead atoms. The zero-order valence-electron chi connectivity index (χ0n) is 19.3. The molecular weight excluding hydrogens is 477 g/mol. The number of aromatic amines is 1. The molecule has 0 spiro atoms. The number of amides is 1. The van der Waals surface area contributed by atoms with Crippen molar-refractivity contribution in [3.05, 3.63) is 51.8 Å². The summed E-state index contributed by atoms with van der Waals surface area (Å²) in [6.45, 7) is 2.59.